The van der Waals surface area contributed by atoms with E-state index in [0.717, 1.165) is 17.8 Å². The summed E-state index contributed by atoms with van der Waals surface area (Å²) in [7, 11) is 0. The van der Waals surface area contributed by atoms with Gasteiger partial charge in [-0.05, 0) is 68.6 Å². The minimum Gasteiger partial charge on any atom is -0.388 e. The molecule has 0 spiro atoms. The summed E-state index contributed by atoms with van der Waals surface area (Å²) in [6, 6.07) is 0.128. The number of nitrogens with one attached hydrogen (secondary N) is 1. The largest absolute Gasteiger partial charge is 0.454 e. The number of carbonyl (C=O) groups is 1. The lowest BCUT2D eigenvalue weighted by Crippen LogP contribution is -2.54. The van der Waals surface area contributed by atoms with E-state index in [2.05, 4.69) is 12.2 Å². The average Bonchev–Trinajstić information content (AvgIpc) is 2.35. The van der Waals surface area contributed by atoms with Crippen molar-refractivity contribution >= 4 is 5.78 Å². The van der Waals surface area contributed by atoms with E-state index in [1.807, 2.05) is 0 Å². The predicted molar refractivity (Wildman–Crippen MR) is 73.4 cm³/mol. The molecule has 0 heterocycles. The molecule has 0 amide bonds. The smallest absolute Gasteiger partial charge is 0.388 e. The second kappa shape index (κ2) is 5.03. The summed E-state index contributed by atoms with van der Waals surface area (Å²) in [5.74, 6) is 0.622. The Morgan fingerprint density at radius 2 is 1.62 bits per heavy atom. The molecule has 0 aromatic rings. The maximum absolute atomic E-state index is 12.2. The lowest BCUT2D eigenvalue weighted by atomic mass is 9.48. The number of hydrogen-bond acceptors (Lipinski definition) is 2. The number of allylic oxidation sites excluding steroid dienone is 1. The van der Waals surface area contributed by atoms with Gasteiger partial charge in [0.25, 0.3) is 5.78 Å². The van der Waals surface area contributed by atoms with E-state index in [-0.39, 0.29) is 11.5 Å². The van der Waals surface area contributed by atoms with Crippen molar-refractivity contribution in [3.63, 3.8) is 0 Å². The summed E-state index contributed by atoms with van der Waals surface area (Å²) >= 11 is 0. The molecule has 0 aromatic heterocycles. The third-order valence-electron chi connectivity index (χ3n) is 5.86. The van der Waals surface area contributed by atoms with Gasteiger partial charge in [0.1, 0.15) is 0 Å². The van der Waals surface area contributed by atoms with Crippen LogP contribution in [0.25, 0.3) is 0 Å². The summed E-state index contributed by atoms with van der Waals surface area (Å²) in [5.41, 5.74) is 0.223. The van der Waals surface area contributed by atoms with Crippen LogP contribution in [-0.4, -0.2) is 18.0 Å². The zero-order chi connectivity index (χ0) is 15.3. The van der Waals surface area contributed by atoms with Crippen LogP contribution in [0.1, 0.15) is 45.4 Å². The average molecular weight is 301 g/mol. The van der Waals surface area contributed by atoms with Crippen LogP contribution in [0.3, 0.4) is 0 Å². The SMILES string of the molecule is CC(N/C=C/C(=O)C(F)(F)F)C12CC3CC(CC(C3)C1)C2. The van der Waals surface area contributed by atoms with Crippen LogP contribution in [0, 0.1) is 23.2 Å². The number of halogens is 3. The van der Waals surface area contributed by atoms with Crippen LogP contribution >= 0.6 is 0 Å². The van der Waals surface area contributed by atoms with E-state index in [1.54, 1.807) is 0 Å². The second-order valence-electron chi connectivity index (χ2n) is 7.36. The Balaban J connectivity index is 1.62. The van der Waals surface area contributed by atoms with Gasteiger partial charge in [-0.3, -0.25) is 4.79 Å². The number of ketones is 1. The summed E-state index contributed by atoms with van der Waals surface area (Å²) < 4.78 is 36.5. The van der Waals surface area contributed by atoms with Crippen molar-refractivity contribution in [2.75, 3.05) is 0 Å². The van der Waals surface area contributed by atoms with Gasteiger partial charge in [0, 0.05) is 18.3 Å². The Labute approximate surface area is 123 Å². The molecule has 2 nitrogen and oxygen atoms in total. The molecule has 21 heavy (non-hydrogen) atoms. The fraction of sp³-hybridized carbons (Fsp3) is 0.812. The van der Waals surface area contributed by atoms with Crippen molar-refractivity contribution in [3.8, 4) is 0 Å². The van der Waals surface area contributed by atoms with Crippen LogP contribution < -0.4 is 5.32 Å². The Bertz CT molecular complexity index is 420. The molecule has 118 valence electrons. The van der Waals surface area contributed by atoms with Crippen LogP contribution in [0.4, 0.5) is 13.2 Å². The van der Waals surface area contributed by atoms with Crippen molar-refractivity contribution < 1.29 is 18.0 Å². The van der Waals surface area contributed by atoms with E-state index in [1.165, 1.54) is 44.7 Å². The van der Waals surface area contributed by atoms with Crippen LogP contribution in [0.2, 0.25) is 0 Å². The molecular formula is C16H22F3NO. The van der Waals surface area contributed by atoms with Crippen molar-refractivity contribution in [2.45, 2.75) is 57.7 Å². The van der Waals surface area contributed by atoms with E-state index < -0.39 is 12.0 Å². The number of rotatable bonds is 4. The highest BCUT2D eigenvalue weighted by Crippen LogP contribution is 2.61. The molecule has 0 saturated heterocycles. The highest BCUT2D eigenvalue weighted by Gasteiger charge is 2.52. The molecule has 4 saturated carbocycles. The van der Waals surface area contributed by atoms with Gasteiger partial charge in [0.2, 0.25) is 0 Å². The molecule has 5 heteroatoms. The topological polar surface area (TPSA) is 29.1 Å². The summed E-state index contributed by atoms with van der Waals surface area (Å²) in [6.45, 7) is 2.05. The fourth-order valence-corrected chi connectivity index (χ4v) is 5.25. The van der Waals surface area contributed by atoms with E-state index in [9.17, 15) is 18.0 Å². The third-order valence-corrected chi connectivity index (χ3v) is 5.86. The van der Waals surface area contributed by atoms with Crippen LogP contribution in [-0.2, 0) is 4.79 Å². The quantitative estimate of drug-likeness (QED) is 0.800. The molecule has 4 rings (SSSR count). The van der Waals surface area contributed by atoms with Crippen molar-refractivity contribution in [1.82, 2.24) is 5.32 Å². The third kappa shape index (κ3) is 2.84. The lowest BCUT2D eigenvalue weighted by Gasteiger charge is -2.59. The first-order valence-corrected chi connectivity index (χ1v) is 7.82. The predicted octanol–water partition coefficient (Wildman–Crippen LogP) is 3.83. The Kier molecular flexibility index (Phi) is 3.57. The first-order valence-electron chi connectivity index (χ1n) is 7.82. The van der Waals surface area contributed by atoms with Gasteiger partial charge in [-0.25, -0.2) is 0 Å². The maximum Gasteiger partial charge on any atom is 0.454 e. The maximum atomic E-state index is 12.2. The minimum atomic E-state index is -4.78. The van der Waals surface area contributed by atoms with Crippen LogP contribution in [0.5, 0.6) is 0 Å². The zero-order valence-corrected chi connectivity index (χ0v) is 12.2. The number of alkyl halides is 3. The summed E-state index contributed by atoms with van der Waals surface area (Å²) in [6.07, 6.45) is 4.62. The van der Waals surface area contributed by atoms with Gasteiger partial charge in [0.15, 0.2) is 0 Å². The minimum absolute atomic E-state index is 0.128. The molecule has 4 fully saturated rings. The van der Waals surface area contributed by atoms with E-state index >= 15 is 0 Å². The van der Waals surface area contributed by atoms with Crippen LogP contribution in [0.15, 0.2) is 12.3 Å². The van der Waals surface area contributed by atoms with Crippen molar-refractivity contribution in [2.24, 2.45) is 23.2 Å². The highest BCUT2D eigenvalue weighted by molar-refractivity contribution is 5.94. The standard InChI is InChI=1S/C16H22F3NO/c1-10(20-3-2-14(21)16(17,18)19)15-7-11-4-12(8-15)6-13(5-11)9-15/h2-3,10-13,20H,4-9H2,1H3/b3-2+. The first-order chi connectivity index (χ1) is 9.78. The molecule has 4 aliphatic carbocycles. The molecule has 0 aromatic carbocycles. The monoisotopic (exact) mass is 301 g/mol. The zero-order valence-electron chi connectivity index (χ0n) is 12.2. The number of hydrogen-bond donors (Lipinski definition) is 1. The van der Waals surface area contributed by atoms with Gasteiger partial charge in [-0.2, -0.15) is 13.2 Å². The molecule has 1 N–H and O–H groups in total. The Hall–Kier alpha value is -1.00. The number of carbonyl (C=O) groups excluding carboxylic acids is 1. The molecule has 0 aliphatic heterocycles. The molecule has 1 unspecified atom stereocenters. The summed E-state index contributed by atoms with van der Waals surface area (Å²) in [5, 5.41) is 3.04. The van der Waals surface area contributed by atoms with Crippen molar-refractivity contribution in [1.29, 1.82) is 0 Å². The van der Waals surface area contributed by atoms with Gasteiger partial charge >= 0.3 is 6.18 Å². The lowest BCUT2D eigenvalue weighted by molar-refractivity contribution is -0.165. The molecule has 1 atom stereocenters. The molecule has 4 bridgehead atoms. The van der Waals surface area contributed by atoms with E-state index in [0.29, 0.717) is 6.08 Å². The first kappa shape index (κ1) is 14.9. The van der Waals surface area contributed by atoms with Gasteiger partial charge in [-0.1, -0.05) is 0 Å². The van der Waals surface area contributed by atoms with E-state index in [4.69, 9.17) is 0 Å². The van der Waals surface area contributed by atoms with Crippen molar-refractivity contribution in [3.05, 3.63) is 12.3 Å². The molecular weight excluding hydrogens is 279 g/mol. The Morgan fingerprint density at radius 3 is 2.05 bits per heavy atom. The molecule has 4 aliphatic rings. The normalized spacial score (nSPS) is 39.7. The van der Waals surface area contributed by atoms with Gasteiger partial charge < -0.3 is 5.32 Å². The Morgan fingerprint density at radius 1 is 1.14 bits per heavy atom. The second-order valence-corrected chi connectivity index (χ2v) is 7.36. The fourth-order valence-electron chi connectivity index (χ4n) is 5.25. The molecule has 0 radical (unpaired) electrons. The van der Waals surface area contributed by atoms with Gasteiger partial charge in [-0.15, -0.1) is 0 Å². The summed E-state index contributed by atoms with van der Waals surface area (Å²) in [4.78, 5) is 10.8. The van der Waals surface area contributed by atoms with Gasteiger partial charge in [0.05, 0.1) is 0 Å². The highest BCUT2D eigenvalue weighted by atomic mass is 19.4.